The highest BCUT2D eigenvalue weighted by molar-refractivity contribution is 4.50. The maximum Gasteiger partial charge on any atom is 0.0704 e. The van der Waals surface area contributed by atoms with E-state index in [4.69, 9.17) is 9.47 Å². The van der Waals surface area contributed by atoms with Crippen molar-refractivity contribution in [1.82, 2.24) is 0 Å². The zero-order valence-corrected chi connectivity index (χ0v) is 7.93. The molecular formula is C9H20O2. The molecule has 0 fully saturated rings. The van der Waals surface area contributed by atoms with Gasteiger partial charge in [0.15, 0.2) is 0 Å². The first kappa shape index (κ1) is 10.9. The smallest absolute Gasteiger partial charge is 0.0704 e. The van der Waals surface area contributed by atoms with Gasteiger partial charge in [-0.2, -0.15) is 0 Å². The largest absolute Gasteiger partial charge is 0.379 e. The van der Waals surface area contributed by atoms with E-state index in [2.05, 4.69) is 13.8 Å². The van der Waals surface area contributed by atoms with Crippen molar-refractivity contribution in [3.8, 4) is 0 Å². The summed E-state index contributed by atoms with van der Waals surface area (Å²) in [6, 6.07) is 0. The maximum atomic E-state index is 5.52. The Balaban J connectivity index is 3.07. The second-order valence-electron chi connectivity index (χ2n) is 2.51. The number of hydrogen-bond acceptors (Lipinski definition) is 2. The third-order valence-corrected chi connectivity index (χ3v) is 1.70. The topological polar surface area (TPSA) is 18.5 Å². The Morgan fingerprint density at radius 1 is 1.00 bits per heavy atom. The molecule has 0 atom stereocenters. The molecule has 0 amide bonds. The van der Waals surface area contributed by atoms with Crippen LogP contribution in [0.25, 0.3) is 0 Å². The number of rotatable bonds is 7. The molecule has 0 saturated carbocycles. The fourth-order valence-electron chi connectivity index (χ4n) is 0.942. The van der Waals surface area contributed by atoms with Gasteiger partial charge in [-0.25, -0.2) is 0 Å². The van der Waals surface area contributed by atoms with Crippen molar-refractivity contribution >= 4 is 0 Å². The highest BCUT2D eigenvalue weighted by Gasteiger charge is 2.01. The van der Waals surface area contributed by atoms with Crippen molar-refractivity contribution in [2.75, 3.05) is 19.8 Å². The molecule has 0 aliphatic rings. The van der Waals surface area contributed by atoms with E-state index in [0.717, 1.165) is 32.7 Å². The first-order chi connectivity index (χ1) is 5.35. The molecule has 0 heterocycles. The van der Waals surface area contributed by atoms with Crippen molar-refractivity contribution in [2.45, 2.75) is 39.7 Å². The Bertz CT molecular complexity index is 70.0. The second-order valence-corrected chi connectivity index (χ2v) is 2.51. The van der Waals surface area contributed by atoms with Crippen LogP contribution in [-0.4, -0.2) is 25.9 Å². The maximum absolute atomic E-state index is 5.52. The van der Waals surface area contributed by atoms with Crippen LogP contribution >= 0.6 is 0 Å². The molecule has 2 heteroatoms. The van der Waals surface area contributed by atoms with Crippen LogP contribution < -0.4 is 0 Å². The molecular weight excluding hydrogens is 140 g/mol. The Labute approximate surface area is 69.9 Å². The van der Waals surface area contributed by atoms with E-state index in [1.165, 1.54) is 0 Å². The first-order valence-corrected chi connectivity index (χ1v) is 4.54. The third kappa shape index (κ3) is 6.32. The van der Waals surface area contributed by atoms with Crippen molar-refractivity contribution in [3.05, 3.63) is 0 Å². The van der Waals surface area contributed by atoms with Gasteiger partial charge in [0.1, 0.15) is 0 Å². The molecule has 0 aliphatic carbocycles. The van der Waals surface area contributed by atoms with Crippen LogP contribution in [0.4, 0.5) is 0 Å². The Morgan fingerprint density at radius 3 is 2.09 bits per heavy atom. The standard InChI is InChI=1S/C9H20O2/c1-4-9(5-2)11-8-7-10-6-3/h9H,4-8H2,1-3H3. The van der Waals surface area contributed by atoms with E-state index in [1.54, 1.807) is 0 Å². The van der Waals surface area contributed by atoms with E-state index in [-0.39, 0.29) is 0 Å². The van der Waals surface area contributed by atoms with Gasteiger partial charge in [-0.15, -0.1) is 0 Å². The van der Waals surface area contributed by atoms with Crippen molar-refractivity contribution in [1.29, 1.82) is 0 Å². The number of ether oxygens (including phenoxy) is 2. The van der Waals surface area contributed by atoms with Crippen LogP contribution in [0.15, 0.2) is 0 Å². The number of hydrogen-bond donors (Lipinski definition) is 0. The van der Waals surface area contributed by atoms with E-state index < -0.39 is 0 Å². The lowest BCUT2D eigenvalue weighted by atomic mass is 10.2. The molecule has 0 rings (SSSR count). The lowest BCUT2D eigenvalue weighted by molar-refractivity contribution is 0.00458. The van der Waals surface area contributed by atoms with Gasteiger partial charge in [0.2, 0.25) is 0 Å². The molecule has 0 aromatic carbocycles. The molecule has 68 valence electrons. The summed E-state index contributed by atoms with van der Waals surface area (Å²) in [6.07, 6.45) is 2.63. The van der Waals surface area contributed by atoms with E-state index in [1.807, 2.05) is 6.92 Å². The van der Waals surface area contributed by atoms with Crippen LogP contribution in [0, 0.1) is 0 Å². The van der Waals surface area contributed by atoms with Crippen LogP contribution in [0.1, 0.15) is 33.6 Å². The normalized spacial score (nSPS) is 10.9. The van der Waals surface area contributed by atoms with Gasteiger partial charge in [-0.05, 0) is 19.8 Å². The van der Waals surface area contributed by atoms with E-state index in [0.29, 0.717) is 6.10 Å². The summed E-state index contributed by atoms with van der Waals surface area (Å²) in [5.74, 6) is 0. The average molecular weight is 160 g/mol. The van der Waals surface area contributed by atoms with Crippen LogP contribution in [-0.2, 0) is 9.47 Å². The fourth-order valence-corrected chi connectivity index (χ4v) is 0.942. The van der Waals surface area contributed by atoms with Crippen LogP contribution in [0.5, 0.6) is 0 Å². The summed E-state index contributed by atoms with van der Waals surface area (Å²) in [6.45, 7) is 8.54. The highest BCUT2D eigenvalue weighted by Crippen LogP contribution is 2.01. The SMILES string of the molecule is CCOCCOC(CC)CC. The Morgan fingerprint density at radius 2 is 1.64 bits per heavy atom. The molecule has 0 radical (unpaired) electrons. The molecule has 0 spiro atoms. The molecule has 0 aliphatic heterocycles. The van der Waals surface area contributed by atoms with Crippen molar-refractivity contribution < 1.29 is 9.47 Å². The molecule has 0 bridgehead atoms. The summed E-state index contributed by atoms with van der Waals surface area (Å²) in [5, 5.41) is 0. The van der Waals surface area contributed by atoms with Gasteiger partial charge in [0, 0.05) is 6.61 Å². The summed E-state index contributed by atoms with van der Waals surface area (Å²) in [4.78, 5) is 0. The summed E-state index contributed by atoms with van der Waals surface area (Å²) in [5.41, 5.74) is 0. The summed E-state index contributed by atoms with van der Waals surface area (Å²) >= 11 is 0. The predicted octanol–water partition coefficient (Wildman–Crippen LogP) is 2.23. The predicted molar refractivity (Wildman–Crippen MR) is 46.8 cm³/mol. The van der Waals surface area contributed by atoms with E-state index in [9.17, 15) is 0 Å². The van der Waals surface area contributed by atoms with Gasteiger partial charge in [0.25, 0.3) is 0 Å². The summed E-state index contributed by atoms with van der Waals surface area (Å²) < 4.78 is 10.7. The average Bonchev–Trinajstić information content (AvgIpc) is 2.05. The first-order valence-electron chi connectivity index (χ1n) is 4.54. The fraction of sp³-hybridized carbons (Fsp3) is 1.00. The quantitative estimate of drug-likeness (QED) is 0.532. The van der Waals surface area contributed by atoms with Gasteiger partial charge >= 0.3 is 0 Å². The van der Waals surface area contributed by atoms with Crippen molar-refractivity contribution in [3.63, 3.8) is 0 Å². The Kier molecular flexibility index (Phi) is 7.96. The second kappa shape index (κ2) is 8.02. The Hall–Kier alpha value is -0.0800. The summed E-state index contributed by atoms with van der Waals surface area (Å²) in [7, 11) is 0. The minimum Gasteiger partial charge on any atom is -0.379 e. The van der Waals surface area contributed by atoms with Crippen LogP contribution in [0.3, 0.4) is 0 Å². The van der Waals surface area contributed by atoms with Gasteiger partial charge in [-0.3, -0.25) is 0 Å². The molecule has 0 saturated heterocycles. The van der Waals surface area contributed by atoms with Gasteiger partial charge in [-0.1, -0.05) is 13.8 Å². The molecule has 0 N–H and O–H groups in total. The van der Waals surface area contributed by atoms with Gasteiger partial charge < -0.3 is 9.47 Å². The molecule has 11 heavy (non-hydrogen) atoms. The van der Waals surface area contributed by atoms with Gasteiger partial charge in [0.05, 0.1) is 19.3 Å². The molecule has 0 aromatic heterocycles. The van der Waals surface area contributed by atoms with E-state index >= 15 is 0 Å². The highest BCUT2D eigenvalue weighted by atomic mass is 16.5. The zero-order valence-electron chi connectivity index (χ0n) is 7.93. The molecule has 2 nitrogen and oxygen atoms in total. The monoisotopic (exact) mass is 160 g/mol. The molecule has 0 aromatic rings. The zero-order chi connectivity index (χ0) is 8.53. The van der Waals surface area contributed by atoms with Crippen LogP contribution in [0.2, 0.25) is 0 Å². The molecule has 0 unspecified atom stereocenters. The minimum atomic E-state index is 0.426. The lowest BCUT2D eigenvalue weighted by Crippen LogP contribution is -2.14. The third-order valence-electron chi connectivity index (χ3n) is 1.70. The minimum absolute atomic E-state index is 0.426. The van der Waals surface area contributed by atoms with Crippen molar-refractivity contribution in [2.24, 2.45) is 0 Å². The lowest BCUT2D eigenvalue weighted by Gasteiger charge is -2.13.